The molecule has 86 valence electrons. The first-order chi connectivity index (χ1) is 7.54. The lowest BCUT2D eigenvalue weighted by Crippen LogP contribution is -2.67. The van der Waals surface area contributed by atoms with Crippen LogP contribution >= 0.6 is 0 Å². The number of primary amides is 1. The summed E-state index contributed by atoms with van der Waals surface area (Å²) in [5, 5.41) is 0. The molecule has 0 bridgehead atoms. The largest absolute Gasteiger partial charge is 0.368 e. The van der Waals surface area contributed by atoms with Gasteiger partial charge in [0.15, 0.2) is 0 Å². The summed E-state index contributed by atoms with van der Waals surface area (Å²) in [7, 11) is 0. The molecular weight excluding hydrogens is 204 g/mol. The van der Waals surface area contributed by atoms with Gasteiger partial charge < -0.3 is 16.4 Å². The van der Waals surface area contributed by atoms with Gasteiger partial charge in [-0.1, -0.05) is 6.92 Å². The van der Waals surface area contributed by atoms with Crippen molar-refractivity contribution in [2.45, 2.75) is 18.9 Å². The van der Waals surface area contributed by atoms with Gasteiger partial charge in [-0.25, -0.2) is 0 Å². The van der Waals surface area contributed by atoms with Crippen LogP contribution in [0.2, 0.25) is 0 Å². The van der Waals surface area contributed by atoms with E-state index in [4.69, 9.17) is 11.5 Å². The minimum Gasteiger partial charge on any atom is -0.368 e. The number of carbonyl (C=O) groups is 1. The molecule has 0 unspecified atom stereocenters. The van der Waals surface area contributed by atoms with Crippen molar-refractivity contribution >= 4 is 11.6 Å². The Kier molecular flexibility index (Phi) is 2.55. The molecule has 0 spiro atoms. The predicted molar refractivity (Wildman–Crippen MR) is 62.2 cm³/mol. The molecule has 0 aliphatic carbocycles. The molecule has 0 saturated carbocycles. The molecule has 2 heterocycles. The molecule has 0 radical (unpaired) electrons. The van der Waals surface area contributed by atoms with Gasteiger partial charge in [0.1, 0.15) is 5.69 Å². The van der Waals surface area contributed by atoms with Crippen molar-refractivity contribution in [3.63, 3.8) is 0 Å². The number of nitrogens with zero attached hydrogens (tertiary/aromatic N) is 2. The fourth-order valence-corrected chi connectivity index (χ4v) is 1.87. The Labute approximate surface area is 94.4 Å². The zero-order valence-electron chi connectivity index (χ0n) is 9.31. The number of pyridine rings is 1. The Hall–Kier alpha value is -1.62. The van der Waals surface area contributed by atoms with Crippen molar-refractivity contribution in [3.8, 4) is 0 Å². The number of amides is 1. The van der Waals surface area contributed by atoms with E-state index in [0.29, 0.717) is 5.69 Å². The summed E-state index contributed by atoms with van der Waals surface area (Å²) in [5.74, 6) is -0.503. The van der Waals surface area contributed by atoms with Crippen LogP contribution in [0.5, 0.6) is 0 Å². The Balaban J connectivity index is 2.12. The van der Waals surface area contributed by atoms with Crippen molar-refractivity contribution in [1.82, 2.24) is 4.98 Å². The second kappa shape index (κ2) is 3.75. The topological polar surface area (TPSA) is 85.2 Å². The predicted octanol–water partition coefficient (Wildman–Crippen LogP) is 0.108. The van der Waals surface area contributed by atoms with Crippen LogP contribution in [-0.4, -0.2) is 29.5 Å². The van der Waals surface area contributed by atoms with Crippen LogP contribution in [-0.2, 0) is 0 Å². The Morgan fingerprint density at radius 3 is 2.88 bits per heavy atom. The molecule has 16 heavy (non-hydrogen) atoms. The molecule has 4 N–H and O–H groups in total. The highest BCUT2D eigenvalue weighted by molar-refractivity contribution is 5.91. The molecular formula is C11H16N4O. The van der Waals surface area contributed by atoms with Crippen LogP contribution in [0.1, 0.15) is 23.8 Å². The second-order valence-electron chi connectivity index (χ2n) is 4.34. The monoisotopic (exact) mass is 220 g/mol. The standard InChI is InChI=1S/C11H16N4O/c1-2-11(13)6-15(7-11)8-3-4-14-9(5-8)10(12)16/h3-5H,2,6-7,13H2,1H3,(H2,12,16). The van der Waals surface area contributed by atoms with Crippen molar-refractivity contribution in [2.24, 2.45) is 11.5 Å². The highest BCUT2D eigenvalue weighted by Crippen LogP contribution is 2.27. The maximum Gasteiger partial charge on any atom is 0.267 e. The average Bonchev–Trinajstić information content (AvgIpc) is 2.25. The van der Waals surface area contributed by atoms with Crippen LogP contribution in [0.4, 0.5) is 5.69 Å². The molecule has 1 aliphatic heterocycles. The number of aromatic nitrogens is 1. The van der Waals surface area contributed by atoms with Gasteiger partial charge in [-0.15, -0.1) is 0 Å². The third-order valence-electron chi connectivity index (χ3n) is 3.08. The number of rotatable bonds is 3. The van der Waals surface area contributed by atoms with Gasteiger partial charge in [0, 0.05) is 25.0 Å². The first kappa shape index (κ1) is 10.9. The molecule has 2 rings (SSSR count). The Morgan fingerprint density at radius 2 is 2.31 bits per heavy atom. The van der Waals surface area contributed by atoms with E-state index in [1.807, 2.05) is 6.07 Å². The van der Waals surface area contributed by atoms with E-state index in [9.17, 15) is 4.79 Å². The summed E-state index contributed by atoms with van der Waals surface area (Å²) in [4.78, 5) is 17.0. The SMILES string of the molecule is CCC1(N)CN(c2ccnc(C(N)=O)c2)C1. The summed E-state index contributed by atoms with van der Waals surface area (Å²) in [6, 6.07) is 3.57. The number of nitrogens with two attached hydrogens (primary N) is 2. The third-order valence-corrected chi connectivity index (χ3v) is 3.08. The van der Waals surface area contributed by atoms with E-state index in [1.54, 1.807) is 12.3 Å². The highest BCUT2D eigenvalue weighted by atomic mass is 16.1. The zero-order chi connectivity index (χ0) is 11.8. The molecule has 0 atom stereocenters. The summed E-state index contributed by atoms with van der Waals surface area (Å²) in [5.41, 5.74) is 12.4. The van der Waals surface area contributed by atoms with Crippen LogP contribution in [0, 0.1) is 0 Å². The Bertz CT molecular complexity index is 412. The van der Waals surface area contributed by atoms with E-state index in [2.05, 4.69) is 16.8 Å². The van der Waals surface area contributed by atoms with Crippen LogP contribution < -0.4 is 16.4 Å². The fourth-order valence-electron chi connectivity index (χ4n) is 1.87. The van der Waals surface area contributed by atoms with Gasteiger partial charge >= 0.3 is 0 Å². The summed E-state index contributed by atoms with van der Waals surface area (Å²) < 4.78 is 0. The number of carbonyl (C=O) groups excluding carboxylic acids is 1. The third kappa shape index (κ3) is 1.86. The van der Waals surface area contributed by atoms with Gasteiger partial charge in [-0.05, 0) is 18.6 Å². The van der Waals surface area contributed by atoms with Crippen molar-refractivity contribution in [1.29, 1.82) is 0 Å². The van der Waals surface area contributed by atoms with Crippen molar-refractivity contribution in [2.75, 3.05) is 18.0 Å². The molecule has 0 aromatic carbocycles. The van der Waals surface area contributed by atoms with E-state index in [-0.39, 0.29) is 5.54 Å². The lowest BCUT2D eigenvalue weighted by molar-refractivity contribution is 0.0995. The minimum atomic E-state index is -0.503. The molecule has 1 fully saturated rings. The molecule has 1 saturated heterocycles. The number of hydrogen-bond acceptors (Lipinski definition) is 4. The van der Waals surface area contributed by atoms with Crippen LogP contribution in [0.15, 0.2) is 18.3 Å². The first-order valence-electron chi connectivity index (χ1n) is 5.34. The van der Waals surface area contributed by atoms with Crippen LogP contribution in [0.3, 0.4) is 0 Å². The quantitative estimate of drug-likeness (QED) is 0.757. The average molecular weight is 220 g/mol. The van der Waals surface area contributed by atoms with E-state index in [0.717, 1.165) is 25.2 Å². The molecule has 1 aliphatic rings. The smallest absolute Gasteiger partial charge is 0.267 e. The fraction of sp³-hybridized carbons (Fsp3) is 0.455. The van der Waals surface area contributed by atoms with Gasteiger partial charge in [0.05, 0.1) is 5.54 Å². The van der Waals surface area contributed by atoms with Crippen LogP contribution in [0.25, 0.3) is 0 Å². The molecule has 1 aromatic heterocycles. The molecule has 1 amide bonds. The van der Waals surface area contributed by atoms with Gasteiger partial charge in [-0.2, -0.15) is 0 Å². The lowest BCUT2D eigenvalue weighted by Gasteiger charge is -2.48. The zero-order valence-corrected chi connectivity index (χ0v) is 9.31. The van der Waals surface area contributed by atoms with Gasteiger partial charge in [0.25, 0.3) is 5.91 Å². The number of hydrogen-bond donors (Lipinski definition) is 2. The molecule has 5 heteroatoms. The van der Waals surface area contributed by atoms with Gasteiger partial charge in [-0.3, -0.25) is 9.78 Å². The summed E-state index contributed by atoms with van der Waals surface area (Å²) >= 11 is 0. The normalized spacial score (nSPS) is 18.0. The van der Waals surface area contributed by atoms with Gasteiger partial charge in [0.2, 0.25) is 0 Å². The second-order valence-corrected chi connectivity index (χ2v) is 4.34. The summed E-state index contributed by atoms with van der Waals surface area (Å²) in [6.45, 7) is 3.70. The lowest BCUT2D eigenvalue weighted by atomic mass is 9.88. The van der Waals surface area contributed by atoms with E-state index >= 15 is 0 Å². The maximum atomic E-state index is 11.0. The minimum absolute atomic E-state index is 0.0871. The van der Waals surface area contributed by atoms with E-state index < -0.39 is 5.91 Å². The number of anilines is 1. The van der Waals surface area contributed by atoms with Crippen molar-refractivity contribution < 1.29 is 4.79 Å². The molecule has 1 aromatic rings. The Morgan fingerprint density at radius 1 is 1.62 bits per heavy atom. The first-order valence-corrected chi connectivity index (χ1v) is 5.34. The summed E-state index contributed by atoms with van der Waals surface area (Å²) in [6.07, 6.45) is 2.55. The maximum absolute atomic E-state index is 11.0. The van der Waals surface area contributed by atoms with Crippen molar-refractivity contribution in [3.05, 3.63) is 24.0 Å². The molecule has 5 nitrogen and oxygen atoms in total. The van der Waals surface area contributed by atoms with E-state index in [1.165, 1.54) is 0 Å². The highest BCUT2D eigenvalue weighted by Gasteiger charge is 2.37.